The average molecular weight is 434 g/mol. The lowest BCUT2D eigenvalue weighted by Crippen LogP contribution is -2.40. The summed E-state index contributed by atoms with van der Waals surface area (Å²) in [4.78, 5) is 17.1. The number of aryl methyl sites for hydroxylation is 1. The summed E-state index contributed by atoms with van der Waals surface area (Å²) in [6.07, 6.45) is 0.438. The molecule has 1 rings (SSSR count). The zero-order valence-corrected chi connectivity index (χ0v) is 16.6. The fourth-order valence-corrected chi connectivity index (χ4v) is 1.70. The molecule has 0 radical (unpaired) electrons. The lowest BCUT2D eigenvalue weighted by molar-refractivity contribution is -0.128. The number of ether oxygens (including phenoxy) is 1. The third kappa shape index (κ3) is 9.27. The molecule has 0 saturated heterocycles. The van der Waals surface area contributed by atoms with Crippen LogP contribution in [0.2, 0.25) is 0 Å². The molecule has 0 saturated carbocycles. The molecule has 0 heterocycles. The Morgan fingerprint density at radius 3 is 2.35 bits per heavy atom. The Labute approximate surface area is 155 Å². The first-order chi connectivity index (χ1) is 10.5. The van der Waals surface area contributed by atoms with Crippen LogP contribution in [0.5, 0.6) is 5.75 Å². The number of amides is 1. The highest BCUT2D eigenvalue weighted by Crippen LogP contribution is 2.10. The smallest absolute Gasteiger partial charge is 0.223 e. The number of hydrogen-bond acceptors (Lipinski definition) is 3. The Hall–Kier alpha value is -1.51. The van der Waals surface area contributed by atoms with Crippen molar-refractivity contribution in [2.24, 2.45) is 4.99 Å². The van der Waals surface area contributed by atoms with E-state index in [4.69, 9.17) is 4.74 Å². The van der Waals surface area contributed by atoms with Crippen molar-refractivity contribution in [3.63, 3.8) is 0 Å². The van der Waals surface area contributed by atoms with Crippen molar-refractivity contribution in [2.45, 2.75) is 13.3 Å². The third-order valence-electron chi connectivity index (χ3n) is 3.04. The van der Waals surface area contributed by atoms with Crippen molar-refractivity contribution in [2.75, 3.05) is 40.8 Å². The van der Waals surface area contributed by atoms with Gasteiger partial charge in [0.1, 0.15) is 12.4 Å². The summed E-state index contributed by atoms with van der Waals surface area (Å²) in [7, 11) is 5.19. The number of nitrogens with one attached hydrogen (secondary N) is 2. The second kappa shape index (κ2) is 12.0. The molecule has 0 unspecified atom stereocenters. The molecule has 1 aromatic rings. The monoisotopic (exact) mass is 434 g/mol. The van der Waals surface area contributed by atoms with E-state index >= 15 is 0 Å². The maximum atomic E-state index is 11.5. The highest BCUT2D eigenvalue weighted by molar-refractivity contribution is 14.0. The lowest BCUT2D eigenvalue weighted by Gasteiger charge is -2.14. The van der Waals surface area contributed by atoms with E-state index in [0.29, 0.717) is 32.1 Å². The summed E-state index contributed by atoms with van der Waals surface area (Å²) in [6, 6.07) is 7.94. The summed E-state index contributed by atoms with van der Waals surface area (Å²) in [6.45, 7) is 3.77. The number of hydrogen-bond donors (Lipinski definition) is 2. The number of carbonyl (C=O) groups excluding carboxylic acids is 1. The van der Waals surface area contributed by atoms with Crippen LogP contribution in [0, 0.1) is 6.92 Å². The Bertz CT molecular complexity index is 489. The van der Waals surface area contributed by atoms with Gasteiger partial charge in [-0.1, -0.05) is 17.7 Å². The lowest BCUT2D eigenvalue weighted by atomic mass is 10.2. The highest BCUT2D eigenvalue weighted by Gasteiger charge is 2.04. The normalized spacial score (nSPS) is 10.5. The maximum Gasteiger partial charge on any atom is 0.223 e. The van der Waals surface area contributed by atoms with Crippen LogP contribution in [0.3, 0.4) is 0 Å². The minimum atomic E-state index is 0. The summed E-state index contributed by atoms with van der Waals surface area (Å²) in [5, 5.41) is 6.24. The zero-order chi connectivity index (χ0) is 16.4. The van der Waals surface area contributed by atoms with Gasteiger partial charge in [-0.2, -0.15) is 0 Å². The molecule has 0 aromatic heterocycles. The van der Waals surface area contributed by atoms with E-state index in [1.807, 2.05) is 31.2 Å². The second-order valence-electron chi connectivity index (χ2n) is 5.13. The van der Waals surface area contributed by atoms with E-state index in [1.54, 1.807) is 26.0 Å². The van der Waals surface area contributed by atoms with E-state index in [2.05, 4.69) is 15.6 Å². The minimum Gasteiger partial charge on any atom is -0.492 e. The van der Waals surface area contributed by atoms with Gasteiger partial charge in [0.15, 0.2) is 5.96 Å². The van der Waals surface area contributed by atoms with E-state index in [0.717, 1.165) is 5.75 Å². The first-order valence-corrected chi connectivity index (χ1v) is 7.37. The summed E-state index contributed by atoms with van der Waals surface area (Å²) >= 11 is 0. The molecular formula is C16H27IN4O2. The number of guanidine groups is 1. The van der Waals surface area contributed by atoms with Crippen molar-refractivity contribution < 1.29 is 9.53 Å². The molecule has 130 valence electrons. The van der Waals surface area contributed by atoms with Gasteiger partial charge in [-0.15, -0.1) is 24.0 Å². The molecule has 6 nitrogen and oxygen atoms in total. The molecule has 0 atom stereocenters. The van der Waals surface area contributed by atoms with Crippen molar-refractivity contribution in [3.8, 4) is 5.75 Å². The van der Waals surface area contributed by atoms with Gasteiger partial charge in [0.05, 0.1) is 6.54 Å². The van der Waals surface area contributed by atoms with Crippen LogP contribution >= 0.6 is 24.0 Å². The Kier molecular flexibility index (Phi) is 11.2. The third-order valence-corrected chi connectivity index (χ3v) is 3.04. The van der Waals surface area contributed by atoms with Crippen molar-refractivity contribution in [1.82, 2.24) is 15.5 Å². The number of carbonyl (C=O) groups is 1. The Morgan fingerprint density at radius 2 is 1.78 bits per heavy atom. The molecule has 0 bridgehead atoms. The summed E-state index contributed by atoms with van der Waals surface area (Å²) < 4.78 is 5.62. The molecule has 2 N–H and O–H groups in total. The highest BCUT2D eigenvalue weighted by atomic mass is 127. The quantitative estimate of drug-likeness (QED) is 0.297. The molecule has 0 aliphatic heterocycles. The fourth-order valence-electron chi connectivity index (χ4n) is 1.70. The van der Waals surface area contributed by atoms with Crippen molar-refractivity contribution in [1.29, 1.82) is 0 Å². The topological polar surface area (TPSA) is 66.0 Å². The summed E-state index contributed by atoms with van der Waals surface area (Å²) in [5.41, 5.74) is 1.21. The van der Waals surface area contributed by atoms with E-state index in [9.17, 15) is 4.79 Å². The minimum absolute atomic E-state index is 0. The molecule has 0 spiro atoms. The predicted octanol–water partition coefficient (Wildman–Crippen LogP) is 1.64. The van der Waals surface area contributed by atoms with E-state index in [-0.39, 0.29) is 29.9 Å². The number of nitrogens with zero attached hydrogens (tertiary/aromatic N) is 2. The van der Waals surface area contributed by atoms with Gasteiger partial charge in [0, 0.05) is 34.1 Å². The van der Waals surface area contributed by atoms with Crippen LogP contribution in [0.25, 0.3) is 0 Å². The molecule has 1 amide bonds. The number of aliphatic imine (C=N–C) groups is 1. The maximum absolute atomic E-state index is 11.5. The van der Waals surface area contributed by atoms with E-state index in [1.165, 1.54) is 5.56 Å². The summed E-state index contributed by atoms with van der Waals surface area (Å²) in [5.74, 6) is 1.61. The van der Waals surface area contributed by atoms with Crippen LogP contribution in [0.15, 0.2) is 29.3 Å². The molecule has 7 heteroatoms. The van der Waals surface area contributed by atoms with Gasteiger partial charge in [-0.25, -0.2) is 0 Å². The van der Waals surface area contributed by atoms with Gasteiger partial charge < -0.3 is 20.3 Å². The Morgan fingerprint density at radius 1 is 1.17 bits per heavy atom. The number of rotatable bonds is 7. The molecule has 1 aromatic carbocycles. The first-order valence-electron chi connectivity index (χ1n) is 7.37. The Balaban J connectivity index is 0.00000484. The van der Waals surface area contributed by atoms with Gasteiger partial charge in [-0.3, -0.25) is 9.79 Å². The predicted molar refractivity (Wildman–Crippen MR) is 105 cm³/mol. The second-order valence-corrected chi connectivity index (χ2v) is 5.13. The fraction of sp³-hybridized carbons (Fsp3) is 0.500. The molecule has 0 fully saturated rings. The van der Waals surface area contributed by atoms with Crippen molar-refractivity contribution >= 4 is 35.8 Å². The van der Waals surface area contributed by atoms with Gasteiger partial charge in [0.25, 0.3) is 0 Å². The number of halogens is 1. The number of benzene rings is 1. The molecule has 0 aliphatic carbocycles. The standard InChI is InChI=1S/C16H26N4O2.HI/c1-13-5-7-14(8-6-13)22-12-11-19-16(17-2)18-10-9-15(21)20(3)4;/h5-8H,9-12H2,1-4H3,(H2,17,18,19);1H. The van der Waals surface area contributed by atoms with Gasteiger partial charge in [0.2, 0.25) is 5.91 Å². The van der Waals surface area contributed by atoms with Crippen molar-refractivity contribution in [3.05, 3.63) is 29.8 Å². The average Bonchev–Trinajstić information content (AvgIpc) is 2.51. The van der Waals surface area contributed by atoms with Crippen LogP contribution in [0.4, 0.5) is 0 Å². The molecular weight excluding hydrogens is 407 g/mol. The van der Waals surface area contributed by atoms with Crippen LogP contribution < -0.4 is 15.4 Å². The van der Waals surface area contributed by atoms with Crippen LogP contribution in [-0.2, 0) is 4.79 Å². The molecule has 0 aliphatic rings. The van der Waals surface area contributed by atoms with Gasteiger partial charge >= 0.3 is 0 Å². The van der Waals surface area contributed by atoms with E-state index < -0.39 is 0 Å². The van der Waals surface area contributed by atoms with Gasteiger partial charge in [-0.05, 0) is 19.1 Å². The first kappa shape index (κ1) is 21.5. The van der Waals surface area contributed by atoms with Crippen LogP contribution in [-0.4, -0.2) is 57.6 Å². The molecule has 23 heavy (non-hydrogen) atoms. The van der Waals surface area contributed by atoms with Crippen LogP contribution in [0.1, 0.15) is 12.0 Å². The largest absolute Gasteiger partial charge is 0.492 e. The zero-order valence-electron chi connectivity index (χ0n) is 14.3. The SMILES string of the molecule is CN=C(NCCOc1ccc(C)cc1)NCCC(=O)N(C)C.I.